The maximum atomic E-state index is 11.1. The highest BCUT2D eigenvalue weighted by molar-refractivity contribution is 5.61. The fourth-order valence-electron chi connectivity index (χ4n) is 2.05. The van der Waals surface area contributed by atoms with Gasteiger partial charge in [-0.15, -0.1) is 0 Å². The summed E-state index contributed by atoms with van der Waals surface area (Å²) in [5, 5.41) is 14.0. The van der Waals surface area contributed by atoms with E-state index in [1.54, 1.807) is 25.1 Å². The van der Waals surface area contributed by atoms with Crippen molar-refractivity contribution in [3.63, 3.8) is 0 Å². The van der Waals surface area contributed by atoms with Gasteiger partial charge in [-0.2, -0.15) is 0 Å². The summed E-state index contributed by atoms with van der Waals surface area (Å²) in [6.45, 7) is 2.58. The summed E-state index contributed by atoms with van der Waals surface area (Å²) in [6, 6.07) is 11.1. The van der Waals surface area contributed by atoms with Crippen LogP contribution < -0.4 is 10.2 Å². The van der Waals surface area contributed by atoms with E-state index < -0.39 is 4.92 Å². The van der Waals surface area contributed by atoms with Gasteiger partial charge < -0.3 is 10.2 Å². The van der Waals surface area contributed by atoms with Crippen LogP contribution in [-0.4, -0.2) is 24.0 Å². The molecule has 2 rings (SSSR count). The third-order valence-corrected chi connectivity index (χ3v) is 3.21. The largest absolute Gasteiger partial charge is 0.373 e. The van der Waals surface area contributed by atoms with Crippen LogP contribution in [0.3, 0.4) is 0 Å². The van der Waals surface area contributed by atoms with Gasteiger partial charge >= 0.3 is 5.69 Å². The molecular weight excluding hydrogens is 268 g/mol. The normalized spacial score (nSPS) is 10.2. The molecule has 1 heterocycles. The molecule has 1 N–H and O–H groups in total. The number of pyridine rings is 1. The second-order valence-corrected chi connectivity index (χ2v) is 4.89. The third-order valence-electron chi connectivity index (χ3n) is 3.21. The van der Waals surface area contributed by atoms with Gasteiger partial charge in [0.2, 0.25) is 5.82 Å². The molecule has 1 aromatic heterocycles. The van der Waals surface area contributed by atoms with Crippen molar-refractivity contribution in [2.75, 3.05) is 24.3 Å². The van der Waals surface area contributed by atoms with Crippen molar-refractivity contribution in [1.29, 1.82) is 0 Å². The minimum atomic E-state index is -0.409. The van der Waals surface area contributed by atoms with E-state index in [1.807, 2.05) is 31.2 Å². The fraction of sp³-hybridized carbons (Fsp3) is 0.267. The Bertz CT molecular complexity index is 641. The zero-order valence-corrected chi connectivity index (χ0v) is 12.3. The van der Waals surface area contributed by atoms with Gasteiger partial charge in [0, 0.05) is 26.7 Å². The highest BCUT2D eigenvalue weighted by Crippen LogP contribution is 2.27. The maximum Gasteiger partial charge on any atom is 0.311 e. The molecule has 0 fully saturated rings. The van der Waals surface area contributed by atoms with Crippen molar-refractivity contribution in [1.82, 2.24) is 4.98 Å². The Morgan fingerprint density at radius 2 is 1.90 bits per heavy atom. The SMILES string of the molecule is CNc1ccc([N+](=O)[O-])c(N(C)Cc2ccc(C)cc2)n1. The Hall–Kier alpha value is -2.63. The molecule has 21 heavy (non-hydrogen) atoms. The van der Waals surface area contributed by atoms with Crippen LogP contribution in [0.25, 0.3) is 0 Å². The van der Waals surface area contributed by atoms with Gasteiger partial charge in [0.1, 0.15) is 5.82 Å². The second-order valence-electron chi connectivity index (χ2n) is 4.89. The van der Waals surface area contributed by atoms with Crippen LogP contribution in [0.1, 0.15) is 11.1 Å². The van der Waals surface area contributed by atoms with Crippen LogP contribution >= 0.6 is 0 Å². The first kappa shape index (κ1) is 14.8. The zero-order valence-electron chi connectivity index (χ0n) is 12.3. The Kier molecular flexibility index (Phi) is 4.37. The number of benzene rings is 1. The van der Waals surface area contributed by atoms with Gasteiger partial charge in [0.25, 0.3) is 0 Å². The average Bonchev–Trinajstić information content (AvgIpc) is 2.48. The minimum absolute atomic E-state index is 0.00334. The smallest absolute Gasteiger partial charge is 0.311 e. The molecule has 0 aliphatic rings. The number of hydrogen-bond acceptors (Lipinski definition) is 5. The van der Waals surface area contributed by atoms with E-state index in [-0.39, 0.29) is 5.69 Å². The van der Waals surface area contributed by atoms with Gasteiger partial charge in [-0.25, -0.2) is 4.98 Å². The number of nitrogens with one attached hydrogen (secondary N) is 1. The van der Waals surface area contributed by atoms with E-state index in [0.29, 0.717) is 18.2 Å². The monoisotopic (exact) mass is 286 g/mol. The number of aromatic nitrogens is 1. The average molecular weight is 286 g/mol. The number of anilines is 2. The number of hydrogen-bond donors (Lipinski definition) is 1. The van der Waals surface area contributed by atoms with E-state index in [0.717, 1.165) is 5.56 Å². The molecule has 0 spiro atoms. The fourth-order valence-corrected chi connectivity index (χ4v) is 2.05. The van der Waals surface area contributed by atoms with E-state index in [2.05, 4.69) is 10.3 Å². The predicted molar refractivity (Wildman–Crippen MR) is 83.7 cm³/mol. The van der Waals surface area contributed by atoms with Crippen molar-refractivity contribution in [3.05, 3.63) is 57.6 Å². The summed E-state index contributed by atoms with van der Waals surface area (Å²) in [4.78, 5) is 16.8. The lowest BCUT2D eigenvalue weighted by Gasteiger charge is -2.19. The molecule has 0 aliphatic heterocycles. The molecule has 0 atom stereocenters. The molecule has 0 saturated heterocycles. The Morgan fingerprint density at radius 1 is 1.24 bits per heavy atom. The van der Waals surface area contributed by atoms with Crippen LogP contribution in [0.4, 0.5) is 17.3 Å². The van der Waals surface area contributed by atoms with Crippen LogP contribution in [-0.2, 0) is 6.54 Å². The standard InChI is InChI=1S/C15H18N4O2/c1-11-4-6-12(7-5-11)10-18(3)15-13(19(20)21)8-9-14(16-2)17-15/h4-9H,10H2,1-3H3,(H,16,17). The number of aryl methyl sites for hydroxylation is 1. The first-order valence-electron chi connectivity index (χ1n) is 6.61. The van der Waals surface area contributed by atoms with Gasteiger partial charge in [0.15, 0.2) is 0 Å². The summed E-state index contributed by atoms with van der Waals surface area (Å²) >= 11 is 0. The molecule has 0 unspecified atom stereocenters. The molecular formula is C15H18N4O2. The molecule has 0 bridgehead atoms. The number of nitro groups is 1. The third kappa shape index (κ3) is 3.47. The van der Waals surface area contributed by atoms with Crippen LogP contribution in [0, 0.1) is 17.0 Å². The molecule has 0 radical (unpaired) electrons. The van der Waals surface area contributed by atoms with Crippen molar-refractivity contribution in [2.45, 2.75) is 13.5 Å². The van der Waals surface area contributed by atoms with Crippen LogP contribution in [0.2, 0.25) is 0 Å². The maximum absolute atomic E-state index is 11.1. The second kappa shape index (κ2) is 6.21. The number of rotatable bonds is 5. The van der Waals surface area contributed by atoms with Crippen molar-refractivity contribution >= 4 is 17.3 Å². The van der Waals surface area contributed by atoms with Gasteiger partial charge in [-0.3, -0.25) is 10.1 Å². The Balaban J connectivity index is 2.30. The summed E-state index contributed by atoms with van der Waals surface area (Å²) in [6.07, 6.45) is 0. The van der Waals surface area contributed by atoms with Crippen LogP contribution in [0.15, 0.2) is 36.4 Å². The molecule has 0 saturated carbocycles. The van der Waals surface area contributed by atoms with E-state index in [4.69, 9.17) is 0 Å². The van der Waals surface area contributed by atoms with E-state index in [9.17, 15) is 10.1 Å². The first-order chi connectivity index (χ1) is 10.0. The lowest BCUT2D eigenvalue weighted by atomic mass is 10.1. The summed E-state index contributed by atoms with van der Waals surface area (Å²) < 4.78 is 0. The summed E-state index contributed by atoms with van der Waals surface area (Å²) in [5.74, 6) is 0.957. The highest BCUT2D eigenvalue weighted by atomic mass is 16.6. The molecule has 110 valence electrons. The molecule has 6 heteroatoms. The van der Waals surface area contributed by atoms with Gasteiger partial charge in [-0.05, 0) is 18.6 Å². The van der Waals surface area contributed by atoms with Gasteiger partial charge in [0.05, 0.1) is 4.92 Å². The zero-order chi connectivity index (χ0) is 15.4. The molecule has 1 aromatic carbocycles. The predicted octanol–water partition coefficient (Wildman–Crippen LogP) is 2.98. The molecule has 2 aromatic rings. The number of nitrogens with zero attached hydrogens (tertiary/aromatic N) is 3. The topological polar surface area (TPSA) is 71.3 Å². The Morgan fingerprint density at radius 3 is 2.48 bits per heavy atom. The Labute approximate surface area is 123 Å². The van der Waals surface area contributed by atoms with Crippen molar-refractivity contribution in [3.8, 4) is 0 Å². The lowest BCUT2D eigenvalue weighted by Crippen LogP contribution is -2.19. The van der Waals surface area contributed by atoms with Crippen LogP contribution in [0.5, 0.6) is 0 Å². The minimum Gasteiger partial charge on any atom is -0.373 e. The highest BCUT2D eigenvalue weighted by Gasteiger charge is 2.19. The lowest BCUT2D eigenvalue weighted by molar-refractivity contribution is -0.384. The van der Waals surface area contributed by atoms with E-state index in [1.165, 1.54) is 11.6 Å². The van der Waals surface area contributed by atoms with E-state index >= 15 is 0 Å². The first-order valence-corrected chi connectivity index (χ1v) is 6.61. The van der Waals surface area contributed by atoms with Crippen molar-refractivity contribution in [2.24, 2.45) is 0 Å². The molecule has 6 nitrogen and oxygen atoms in total. The molecule has 0 amide bonds. The molecule has 0 aliphatic carbocycles. The summed E-state index contributed by atoms with van der Waals surface area (Å²) in [7, 11) is 3.53. The van der Waals surface area contributed by atoms with Gasteiger partial charge in [-0.1, -0.05) is 29.8 Å². The summed E-state index contributed by atoms with van der Waals surface area (Å²) in [5.41, 5.74) is 2.26. The quantitative estimate of drug-likeness (QED) is 0.676. The van der Waals surface area contributed by atoms with Crippen molar-refractivity contribution < 1.29 is 4.92 Å².